The van der Waals surface area contributed by atoms with E-state index in [9.17, 15) is 0 Å². The van der Waals surface area contributed by atoms with E-state index in [0.717, 1.165) is 25.9 Å². The van der Waals surface area contributed by atoms with Gasteiger partial charge in [0, 0.05) is 6.42 Å². The molecule has 0 radical (unpaired) electrons. The van der Waals surface area contributed by atoms with Gasteiger partial charge in [-0.05, 0) is 42.7 Å². The quantitative estimate of drug-likeness (QED) is 0.0880. The summed E-state index contributed by atoms with van der Waals surface area (Å²) in [4.78, 5) is 0. The SMILES string of the molecule is CCCCCCCCCCC[n+]1cc(CC(C)c2ccccc2)n(CCCCCCCC)c1Cc1ccccc1. The van der Waals surface area contributed by atoms with Gasteiger partial charge in [0.25, 0.3) is 5.82 Å². The van der Waals surface area contributed by atoms with E-state index < -0.39 is 0 Å². The van der Waals surface area contributed by atoms with Crippen LogP contribution in [0.15, 0.2) is 66.9 Å². The number of hydrogen-bond acceptors (Lipinski definition) is 0. The zero-order valence-electron chi connectivity index (χ0n) is 26.3. The van der Waals surface area contributed by atoms with Crippen molar-refractivity contribution in [3.8, 4) is 0 Å². The van der Waals surface area contributed by atoms with Gasteiger partial charge in [0.2, 0.25) is 0 Å². The van der Waals surface area contributed by atoms with Crippen molar-refractivity contribution in [2.75, 3.05) is 0 Å². The second-order valence-electron chi connectivity index (χ2n) is 12.2. The van der Waals surface area contributed by atoms with Crippen molar-refractivity contribution >= 4 is 0 Å². The first-order valence-electron chi connectivity index (χ1n) is 16.9. The van der Waals surface area contributed by atoms with Crippen molar-refractivity contribution in [1.82, 2.24) is 4.57 Å². The molecular formula is C38H59N2+. The highest BCUT2D eigenvalue weighted by Gasteiger charge is 2.25. The van der Waals surface area contributed by atoms with Crippen LogP contribution in [0.1, 0.15) is 146 Å². The van der Waals surface area contributed by atoms with Crippen LogP contribution in [0.25, 0.3) is 0 Å². The topological polar surface area (TPSA) is 8.81 Å². The summed E-state index contributed by atoms with van der Waals surface area (Å²) in [5, 5.41) is 0. The van der Waals surface area contributed by atoms with E-state index in [4.69, 9.17) is 0 Å². The third-order valence-electron chi connectivity index (χ3n) is 8.62. The maximum absolute atomic E-state index is 2.72. The fourth-order valence-electron chi connectivity index (χ4n) is 6.11. The van der Waals surface area contributed by atoms with Crippen LogP contribution in [0.5, 0.6) is 0 Å². The maximum Gasteiger partial charge on any atom is 0.261 e. The van der Waals surface area contributed by atoms with Crippen molar-refractivity contribution in [2.24, 2.45) is 0 Å². The van der Waals surface area contributed by atoms with Crippen LogP contribution in [0.4, 0.5) is 0 Å². The van der Waals surface area contributed by atoms with E-state index in [2.05, 4.69) is 96.8 Å². The average molecular weight is 544 g/mol. The lowest BCUT2D eigenvalue weighted by Crippen LogP contribution is -2.37. The molecule has 40 heavy (non-hydrogen) atoms. The molecule has 0 aliphatic heterocycles. The average Bonchev–Trinajstić information content (AvgIpc) is 3.29. The van der Waals surface area contributed by atoms with E-state index in [1.807, 2.05) is 0 Å². The number of rotatable bonds is 22. The highest BCUT2D eigenvalue weighted by atomic mass is 15.2. The van der Waals surface area contributed by atoms with E-state index in [1.54, 1.807) is 0 Å². The van der Waals surface area contributed by atoms with Crippen LogP contribution in [-0.2, 0) is 25.9 Å². The molecule has 220 valence electrons. The van der Waals surface area contributed by atoms with Crippen LogP contribution >= 0.6 is 0 Å². The van der Waals surface area contributed by atoms with Gasteiger partial charge in [0.1, 0.15) is 11.9 Å². The predicted molar refractivity (Wildman–Crippen MR) is 173 cm³/mol. The van der Waals surface area contributed by atoms with Crippen molar-refractivity contribution in [2.45, 2.75) is 149 Å². The number of aryl methyl sites for hydroxylation is 1. The van der Waals surface area contributed by atoms with Crippen LogP contribution in [0.2, 0.25) is 0 Å². The van der Waals surface area contributed by atoms with Crippen LogP contribution in [0.3, 0.4) is 0 Å². The third kappa shape index (κ3) is 11.6. The Morgan fingerprint density at radius 1 is 0.625 bits per heavy atom. The summed E-state index contributed by atoms with van der Waals surface area (Å²) < 4.78 is 5.36. The monoisotopic (exact) mass is 543 g/mol. The Kier molecular flexibility index (Phi) is 15.8. The van der Waals surface area contributed by atoms with Gasteiger partial charge in [-0.25, -0.2) is 9.13 Å². The normalized spacial score (nSPS) is 12.2. The first kappa shape index (κ1) is 32.2. The molecule has 0 saturated heterocycles. The molecule has 2 heteroatoms. The largest absolute Gasteiger partial charge is 0.261 e. The van der Waals surface area contributed by atoms with E-state index in [1.165, 1.54) is 119 Å². The zero-order valence-corrected chi connectivity index (χ0v) is 26.3. The Bertz CT molecular complexity index is 1020. The molecule has 3 rings (SSSR count). The smallest absolute Gasteiger partial charge is 0.234 e. The molecule has 0 bridgehead atoms. The fraction of sp³-hybridized carbons (Fsp3) is 0.605. The third-order valence-corrected chi connectivity index (χ3v) is 8.62. The Hall–Kier alpha value is -2.35. The molecule has 0 amide bonds. The van der Waals surface area contributed by atoms with Gasteiger partial charge in [-0.1, -0.05) is 152 Å². The summed E-state index contributed by atoms with van der Waals surface area (Å²) >= 11 is 0. The van der Waals surface area contributed by atoms with Gasteiger partial charge in [-0.2, -0.15) is 0 Å². The second-order valence-corrected chi connectivity index (χ2v) is 12.2. The lowest BCUT2D eigenvalue weighted by molar-refractivity contribution is -0.704. The molecule has 0 N–H and O–H groups in total. The molecular weight excluding hydrogens is 484 g/mol. The summed E-state index contributed by atoms with van der Waals surface area (Å²) in [5.41, 5.74) is 4.39. The summed E-state index contributed by atoms with van der Waals surface area (Å²) in [6.07, 6.45) is 25.2. The molecule has 1 unspecified atom stereocenters. The number of hydrogen-bond donors (Lipinski definition) is 0. The Morgan fingerprint density at radius 3 is 1.75 bits per heavy atom. The summed E-state index contributed by atoms with van der Waals surface area (Å²) in [6, 6.07) is 22.2. The molecule has 2 aromatic carbocycles. The summed E-state index contributed by atoms with van der Waals surface area (Å²) in [7, 11) is 0. The lowest BCUT2D eigenvalue weighted by atomic mass is 9.96. The predicted octanol–water partition coefficient (Wildman–Crippen LogP) is 10.6. The maximum atomic E-state index is 2.72. The molecule has 0 saturated carbocycles. The number of nitrogens with zero attached hydrogens (tertiary/aromatic N) is 2. The Morgan fingerprint density at radius 2 is 1.15 bits per heavy atom. The number of aromatic nitrogens is 2. The molecule has 1 aromatic heterocycles. The second kappa shape index (κ2) is 19.7. The molecule has 0 aliphatic carbocycles. The molecule has 2 nitrogen and oxygen atoms in total. The summed E-state index contributed by atoms with van der Waals surface area (Å²) in [5.74, 6) is 2.03. The Labute approximate surface area is 247 Å². The van der Waals surface area contributed by atoms with Crippen LogP contribution in [-0.4, -0.2) is 4.57 Å². The van der Waals surface area contributed by atoms with Crippen LogP contribution in [0, 0.1) is 0 Å². The van der Waals surface area contributed by atoms with E-state index >= 15 is 0 Å². The van der Waals surface area contributed by atoms with Gasteiger partial charge in [0.05, 0.1) is 19.5 Å². The van der Waals surface area contributed by atoms with Crippen molar-refractivity contribution < 1.29 is 4.57 Å². The summed E-state index contributed by atoms with van der Waals surface area (Å²) in [6.45, 7) is 9.31. The van der Waals surface area contributed by atoms with Gasteiger partial charge in [-0.3, -0.25) is 0 Å². The molecule has 0 spiro atoms. The number of benzene rings is 2. The van der Waals surface area contributed by atoms with Gasteiger partial charge in [0.15, 0.2) is 0 Å². The van der Waals surface area contributed by atoms with Gasteiger partial charge < -0.3 is 0 Å². The van der Waals surface area contributed by atoms with Crippen LogP contribution < -0.4 is 4.57 Å². The van der Waals surface area contributed by atoms with Crippen molar-refractivity contribution in [3.63, 3.8) is 0 Å². The first-order valence-corrected chi connectivity index (χ1v) is 16.9. The van der Waals surface area contributed by atoms with Gasteiger partial charge >= 0.3 is 0 Å². The van der Waals surface area contributed by atoms with E-state index in [0.29, 0.717) is 5.92 Å². The molecule has 0 fully saturated rings. The Balaban J connectivity index is 1.73. The van der Waals surface area contributed by atoms with Crippen molar-refractivity contribution in [1.29, 1.82) is 0 Å². The minimum atomic E-state index is 0.519. The molecule has 3 aromatic rings. The first-order chi connectivity index (χ1) is 19.7. The van der Waals surface area contributed by atoms with Crippen molar-refractivity contribution in [3.05, 3.63) is 89.5 Å². The lowest BCUT2D eigenvalue weighted by Gasteiger charge is -2.12. The standard InChI is InChI=1S/C38H59N2/c1-4-6-8-10-12-13-14-15-23-29-39-33-37(31-34(3)36-27-21-18-22-28-36)40(30-24-16-11-9-7-5-2)38(39)32-35-25-19-17-20-26-35/h17-22,25-28,33-34H,4-16,23-24,29-32H2,1-3H3/q+1. The van der Waals surface area contributed by atoms with Gasteiger partial charge in [-0.15, -0.1) is 0 Å². The van der Waals surface area contributed by atoms with E-state index in [-0.39, 0.29) is 0 Å². The molecule has 0 aliphatic rings. The number of imidazole rings is 1. The fourth-order valence-corrected chi connectivity index (χ4v) is 6.11. The number of unbranched alkanes of at least 4 members (excludes halogenated alkanes) is 13. The highest BCUT2D eigenvalue weighted by molar-refractivity contribution is 5.22. The minimum Gasteiger partial charge on any atom is -0.234 e. The molecule has 1 heterocycles. The molecule has 1 atom stereocenters. The highest BCUT2D eigenvalue weighted by Crippen LogP contribution is 2.22. The minimum absolute atomic E-state index is 0.519. The zero-order chi connectivity index (χ0) is 28.3.